The van der Waals surface area contributed by atoms with Gasteiger partial charge in [-0.15, -0.1) is 0 Å². The molecule has 4 aromatic rings. The maximum atomic E-state index is 12.5. The van der Waals surface area contributed by atoms with E-state index in [1.165, 1.54) is 12.1 Å². The zero-order chi connectivity index (χ0) is 21.7. The van der Waals surface area contributed by atoms with Gasteiger partial charge in [0.25, 0.3) is 0 Å². The van der Waals surface area contributed by atoms with Crippen LogP contribution < -0.4 is 0 Å². The molecule has 4 aromatic carbocycles. The summed E-state index contributed by atoms with van der Waals surface area (Å²) < 4.78 is 37.5. The van der Waals surface area contributed by atoms with Crippen LogP contribution in [0.5, 0.6) is 0 Å². The van der Waals surface area contributed by atoms with Crippen molar-refractivity contribution in [1.82, 2.24) is 0 Å². The lowest BCUT2D eigenvalue weighted by Gasteiger charge is -2.11. The largest absolute Gasteiger partial charge is 0.393 e. The molecule has 0 atom stereocenters. The van der Waals surface area contributed by atoms with Gasteiger partial charge in [-0.3, -0.25) is 0 Å². The van der Waals surface area contributed by atoms with Gasteiger partial charge in [0.15, 0.2) is 0 Å². The second kappa shape index (κ2) is 8.93. The lowest BCUT2D eigenvalue weighted by Crippen LogP contribution is -2.11. The van der Waals surface area contributed by atoms with Crippen molar-refractivity contribution in [2.45, 2.75) is 12.6 Å². The quantitative estimate of drug-likeness (QED) is 0.305. The Balaban J connectivity index is 1.67. The minimum absolute atomic E-state index is 0.233. The molecule has 3 heteroatoms. The maximum absolute atomic E-state index is 12.5. The average molecular weight is 412 g/mol. The number of rotatable bonds is 3. The summed E-state index contributed by atoms with van der Waals surface area (Å²) in [6.45, 7) is 0. The summed E-state index contributed by atoms with van der Waals surface area (Å²) >= 11 is 0. The van der Waals surface area contributed by atoms with Crippen molar-refractivity contribution >= 4 is 0 Å². The fraction of sp³-hybridized carbons (Fsp3) is 0.0714. The van der Waals surface area contributed by atoms with Crippen LogP contribution in [-0.4, -0.2) is 6.18 Å². The second-order valence-electron chi connectivity index (χ2n) is 7.23. The predicted octanol–water partition coefficient (Wildman–Crippen LogP) is 7.53. The van der Waals surface area contributed by atoms with Gasteiger partial charge in [-0.2, -0.15) is 13.2 Å². The number of alkyl halides is 3. The summed E-state index contributed by atoms with van der Waals surface area (Å²) in [4.78, 5) is 0. The highest BCUT2D eigenvalue weighted by molar-refractivity contribution is 5.84. The first-order valence-corrected chi connectivity index (χ1v) is 9.90. The zero-order valence-electron chi connectivity index (χ0n) is 16.7. The summed E-state index contributed by atoms with van der Waals surface area (Å²) in [5, 5.41) is 0. The van der Waals surface area contributed by atoms with Gasteiger partial charge in [0.1, 0.15) is 0 Å². The minimum Gasteiger partial charge on any atom is -0.171 e. The third-order valence-electron chi connectivity index (χ3n) is 4.90. The number of hydrogen-bond acceptors (Lipinski definition) is 0. The Kier molecular flexibility index (Phi) is 5.91. The van der Waals surface area contributed by atoms with Gasteiger partial charge in [0.2, 0.25) is 0 Å². The zero-order valence-corrected chi connectivity index (χ0v) is 16.7. The van der Waals surface area contributed by atoms with Crippen molar-refractivity contribution in [1.29, 1.82) is 0 Å². The molecule has 0 saturated carbocycles. The van der Waals surface area contributed by atoms with Crippen LogP contribution in [0, 0.1) is 11.8 Å². The third kappa shape index (κ3) is 5.43. The highest BCUT2D eigenvalue weighted by Crippen LogP contribution is 2.32. The predicted molar refractivity (Wildman–Crippen MR) is 119 cm³/mol. The van der Waals surface area contributed by atoms with Gasteiger partial charge in [0, 0.05) is 11.1 Å². The topological polar surface area (TPSA) is 0 Å². The average Bonchev–Trinajstić information content (AvgIpc) is 2.79. The molecule has 4 rings (SSSR count). The van der Waals surface area contributed by atoms with Crippen LogP contribution >= 0.6 is 0 Å². The molecule has 31 heavy (non-hydrogen) atoms. The highest BCUT2D eigenvalue weighted by Gasteiger charge is 2.27. The van der Waals surface area contributed by atoms with Gasteiger partial charge < -0.3 is 0 Å². The molecule has 0 aliphatic carbocycles. The number of halogens is 3. The first kappa shape index (κ1) is 20.5. The Labute approximate surface area is 180 Å². The molecule has 0 heterocycles. The normalized spacial score (nSPS) is 10.9. The molecular formula is C28H19F3. The van der Waals surface area contributed by atoms with Gasteiger partial charge in [-0.05, 0) is 52.1 Å². The Hall–Kier alpha value is -3.77. The van der Waals surface area contributed by atoms with Crippen molar-refractivity contribution in [3.63, 3.8) is 0 Å². The molecule has 0 saturated heterocycles. The molecule has 0 aromatic heterocycles. The lowest BCUT2D eigenvalue weighted by molar-refractivity contribution is -0.127. The van der Waals surface area contributed by atoms with Crippen molar-refractivity contribution in [2.24, 2.45) is 0 Å². The Morgan fingerprint density at radius 3 is 1.65 bits per heavy atom. The van der Waals surface area contributed by atoms with Crippen LogP contribution in [0.15, 0.2) is 103 Å². The molecule has 0 spiro atoms. The van der Waals surface area contributed by atoms with Crippen molar-refractivity contribution in [2.75, 3.05) is 0 Å². The van der Waals surface area contributed by atoms with Gasteiger partial charge in [0.05, 0.1) is 6.42 Å². The third-order valence-corrected chi connectivity index (χ3v) is 4.90. The summed E-state index contributed by atoms with van der Waals surface area (Å²) in [6.07, 6.45) is -5.14. The van der Waals surface area contributed by atoms with Crippen molar-refractivity contribution in [3.05, 3.63) is 120 Å². The molecule has 0 fully saturated rings. The van der Waals surface area contributed by atoms with Crippen LogP contribution in [-0.2, 0) is 6.42 Å². The van der Waals surface area contributed by atoms with Crippen LogP contribution in [0.25, 0.3) is 22.3 Å². The van der Waals surface area contributed by atoms with Crippen LogP contribution in [0.3, 0.4) is 0 Å². The monoisotopic (exact) mass is 412 g/mol. The SMILES string of the molecule is FC(F)(F)Cc1ccc(C#Cc2ccc(-c3ccccc3)c(-c3ccccc3)c2)cc1. The Morgan fingerprint density at radius 2 is 1.06 bits per heavy atom. The maximum Gasteiger partial charge on any atom is 0.393 e. The van der Waals surface area contributed by atoms with Crippen LogP contribution in [0.2, 0.25) is 0 Å². The van der Waals surface area contributed by atoms with E-state index in [1.807, 2.05) is 42.5 Å². The first-order chi connectivity index (χ1) is 15.0. The van der Waals surface area contributed by atoms with E-state index in [0.29, 0.717) is 5.56 Å². The van der Waals surface area contributed by atoms with Crippen molar-refractivity contribution in [3.8, 4) is 34.1 Å². The molecule has 0 aliphatic rings. The highest BCUT2D eigenvalue weighted by atomic mass is 19.4. The van der Waals surface area contributed by atoms with E-state index >= 15 is 0 Å². The fourth-order valence-electron chi connectivity index (χ4n) is 3.43. The number of hydrogen-bond donors (Lipinski definition) is 0. The van der Waals surface area contributed by atoms with E-state index in [1.54, 1.807) is 12.1 Å². The minimum atomic E-state index is -4.21. The molecule has 0 aliphatic heterocycles. The van der Waals surface area contributed by atoms with Gasteiger partial charge in [-0.25, -0.2) is 0 Å². The first-order valence-electron chi connectivity index (χ1n) is 9.90. The molecule has 0 bridgehead atoms. The molecule has 0 nitrogen and oxygen atoms in total. The molecule has 0 N–H and O–H groups in total. The summed E-state index contributed by atoms with van der Waals surface area (Å²) in [5.74, 6) is 6.20. The van der Waals surface area contributed by atoms with Crippen LogP contribution in [0.4, 0.5) is 13.2 Å². The Bertz CT molecular complexity index is 1210. The summed E-state index contributed by atoms with van der Waals surface area (Å²) in [6, 6.07) is 32.6. The second-order valence-corrected chi connectivity index (χ2v) is 7.23. The summed E-state index contributed by atoms with van der Waals surface area (Å²) in [7, 11) is 0. The standard InChI is InChI=1S/C28H19F3/c29-28(30,31)20-23-15-12-21(13-16-23)11-14-22-17-18-26(24-7-3-1-4-8-24)27(19-22)25-9-5-2-6-10-25/h1-10,12-13,15-19H,20H2. The van der Waals surface area contributed by atoms with Gasteiger partial charge in [-0.1, -0.05) is 90.7 Å². The molecule has 0 unspecified atom stereocenters. The van der Waals surface area contributed by atoms with E-state index in [-0.39, 0.29) is 5.56 Å². The van der Waals surface area contributed by atoms with E-state index in [9.17, 15) is 13.2 Å². The van der Waals surface area contributed by atoms with E-state index in [4.69, 9.17) is 0 Å². The smallest absolute Gasteiger partial charge is 0.171 e. The number of benzene rings is 4. The van der Waals surface area contributed by atoms with E-state index < -0.39 is 12.6 Å². The van der Waals surface area contributed by atoms with Crippen LogP contribution in [0.1, 0.15) is 16.7 Å². The molecule has 152 valence electrons. The Morgan fingerprint density at radius 1 is 0.548 bits per heavy atom. The summed E-state index contributed by atoms with van der Waals surface area (Å²) in [5.41, 5.74) is 6.18. The lowest BCUT2D eigenvalue weighted by atomic mass is 9.93. The van der Waals surface area contributed by atoms with Gasteiger partial charge >= 0.3 is 6.18 Å². The van der Waals surface area contributed by atoms with E-state index in [2.05, 4.69) is 48.2 Å². The molecular weight excluding hydrogens is 393 g/mol. The molecule has 0 amide bonds. The molecule has 0 radical (unpaired) electrons. The fourth-order valence-corrected chi connectivity index (χ4v) is 3.43. The van der Waals surface area contributed by atoms with Crippen molar-refractivity contribution < 1.29 is 13.2 Å². The van der Waals surface area contributed by atoms with E-state index in [0.717, 1.165) is 27.8 Å².